The number of carboxylic acid groups (broad SMARTS) is 1. The summed E-state index contributed by atoms with van der Waals surface area (Å²) in [5, 5.41) is 28.6. The zero-order valence-electron chi connectivity index (χ0n) is 19.7. The summed E-state index contributed by atoms with van der Waals surface area (Å²) in [7, 11) is 0. The van der Waals surface area contributed by atoms with E-state index in [0.29, 0.717) is 5.75 Å². The fourth-order valence-corrected chi connectivity index (χ4v) is 3.45. The average Bonchev–Trinajstić information content (AvgIpc) is 2.82. The number of aliphatic hydroxyl groups is 1. The highest BCUT2D eigenvalue weighted by Gasteiger charge is 2.31. The van der Waals surface area contributed by atoms with Crippen molar-refractivity contribution in [3.8, 4) is 0 Å². The zero-order chi connectivity index (χ0) is 26.4. The van der Waals surface area contributed by atoms with E-state index in [0.717, 1.165) is 5.56 Å². The summed E-state index contributed by atoms with van der Waals surface area (Å²) in [6, 6.07) is 5.11. The van der Waals surface area contributed by atoms with E-state index >= 15 is 0 Å². The number of amides is 4. The molecule has 194 valence electrons. The van der Waals surface area contributed by atoms with Gasteiger partial charge in [-0.05, 0) is 30.9 Å². The summed E-state index contributed by atoms with van der Waals surface area (Å²) < 4.78 is 0. The predicted molar refractivity (Wildman–Crippen MR) is 130 cm³/mol. The van der Waals surface area contributed by atoms with Crippen molar-refractivity contribution in [1.82, 2.24) is 21.3 Å². The molecule has 35 heavy (non-hydrogen) atoms. The molecule has 0 saturated heterocycles. The molecule has 0 aliphatic rings. The number of thioether (sulfide) groups is 1. The molecule has 0 saturated carbocycles. The Hall–Kier alpha value is -3.16. The van der Waals surface area contributed by atoms with Gasteiger partial charge in [-0.1, -0.05) is 30.3 Å². The smallest absolute Gasteiger partial charge is 0.328 e. The number of rotatable bonds is 15. The number of carbonyl (C=O) groups is 5. The largest absolute Gasteiger partial charge is 0.480 e. The van der Waals surface area contributed by atoms with Crippen molar-refractivity contribution in [2.45, 2.75) is 44.0 Å². The van der Waals surface area contributed by atoms with Crippen LogP contribution in [-0.2, 0) is 30.4 Å². The molecule has 0 aromatic heterocycles. The maximum absolute atomic E-state index is 13.1. The van der Waals surface area contributed by atoms with Gasteiger partial charge in [-0.25, -0.2) is 4.79 Å². The fourth-order valence-electron chi connectivity index (χ4n) is 2.97. The molecule has 4 amide bonds. The van der Waals surface area contributed by atoms with E-state index < -0.39 is 53.8 Å². The molecule has 0 heterocycles. The third-order valence-electron chi connectivity index (χ3n) is 4.86. The van der Waals surface area contributed by atoms with Crippen LogP contribution in [0, 0.1) is 0 Å². The molecule has 0 spiro atoms. The van der Waals surface area contributed by atoms with Crippen LogP contribution in [0.15, 0.2) is 30.3 Å². The van der Waals surface area contributed by atoms with Crippen LogP contribution in [0.1, 0.15) is 18.9 Å². The van der Waals surface area contributed by atoms with Gasteiger partial charge in [-0.2, -0.15) is 11.8 Å². The molecule has 13 heteroatoms. The van der Waals surface area contributed by atoms with Gasteiger partial charge < -0.3 is 37.2 Å². The number of carboxylic acids is 1. The van der Waals surface area contributed by atoms with E-state index in [-0.39, 0.29) is 25.9 Å². The maximum Gasteiger partial charge on any atom is 0.328 e. The number of hydrogen-bond acceptors (Lipinski definition) is 8. The summed E-state index contributed by atoms with van der Waals surface area (Å²) >= 11 is 1.42. The third-order valence-corrected chi connectivity index (χ3v) is 5.50. The molecule has 8 N–H and O–H groups in total. The number of benzene rings is 1. The second-order valence-electron chi connectivity index (χ2n) is 7.70. The molecule has 1 aromatic rings. The maximum atomic E-state index is 13.1. The molecular formula is C22H33N5O7S. The highest BCUT2D eigenvalue weighted by molar-refractivity contribution is 7.98. The van der Waals surface area contributed by atoms with Crippen LogP contribution in [-0.4, -0.2) is 89.1 Å². The lowest BCUT2D eigenvalue weighted by molar-refractivity contribution is -0.145. The van der Waals surface area contributed by atoms with E-state index in [2.05, 4.69) is 21.3 Å². The topological polar surface area (TPSA) is 200 Å². The van der Waals surface area contributed by atoms with E-state index in [4.69, 9.17) is 5.73 Å². The first-order valence-electron chi connectivity index (χ1n) is 10.9. The third kappa shape index (κ3) is 11.2. The van der Waals surface area contributed by atoms with Gasteiger partial charge in [0.05, 0.1) is 19.2 Å². The van der Waals surface area contributed by atoms with Gasteiger partial charge in [0.2, 0.25) is 23.6 Å². The van der Waals surface area contributed by atoms with Crippen molar-refractivity contribution >= 4 is 41.4 Å². The van der Waals surface area contributed by atoms with Crippen LogP contribution in [0.3, 0.4) is 0 Å². The monoisotopic (exact) mass is 511 g/mol. The Bertz CT molecular complexity index is 869. The zero-order valence-corrected chi connectivity index (χ0v) is 20.5. The average molecular weight is 512 g/mol. The highest BCUT2D eigenvalue weighted by atomic mass is 32.2. The Morgan fingerprint density at radius 3 is 2.14 bits per heavy atom. The van der Waals surface area contributed by atoms with Gasteiger partial charge in [-0.3, -0.25) is 19.2 Å². The van der Waals surface area contributed by atoms with Crippen molar-refractivity contribution in [1.29, 1.82) is 0 Å². The molecule has 0 aliphatic carbocycles. The molecule has 0 fully saturated rings. The second kappa shape index (κ2) is 15.7. The standard InChI is InChI=1S/C22H33N5O7S/c1-13(28)19(22(33)34)27-20(31)15(8-9-35-2)26-21(32)16(10-14-6-4-3-5-7-14)25-18(30)12-24-17(29)11-23/h3-7,13,15-16,19,28H,8-12,23H2,1-2H3,(H,24,29)(H,25,30)(H,26,32)(H,27,31)(H,33,34). The summed E-state index contributed by atoms with van der Waals surface area (Å²) in [6.07, 6.45) is 0.734. The highest BCUT2D eigenvalue weighted by Crippen LogP contribution is 2.07. The van der Waals surface area contributed by atoms with Crippen LogP contribution in [0.2, 0.25) is 0 Å². The first kappa shape index (κ1) is 29.9. The lowest BCUT2D eigenvalue weighted by atomic mass is 10.0. The summed E-state index contributed by atoms with van der Waals surface area (Å²) in [5.41, 5.74) is 5.94. The Balaban J connectivity index is 3.02. The van der Waals surface area contributed by atoms with Gasteiger partial charge in [0, 0.05) is 6.42 Å². The van der Waals surface area contributed by atoms with Crippen LogP contribution in [0.25, 0.3) is 0 Å². The fraction of sp³-hybridized carbons (Fsp3) is 0.500. The second-order valence-corrected chi connectivity index (χ2v) is 8.68. The van der Waals surface area contributed by atoms with Crippen molar-refractivity contribution < 1.29 is 34.2 Å². The van der Waals surface area contributed by atoms with Gasteiger partial charge >= 0.3 is 5.97 Å². The molecule has 0 bridgehead atoms. The van der Waals surface area contributed by atoms with Gasteiger partial charge in [0.15, 0.2) is 6.04 Å². The van der Waals surface area contributed by atoms with E-state index in [1.165, 1.54) is 18.7 Å². The molecule has 0 radical (unpaired) electrons. The first-order chi connectivity index (χ1) is 16.6. The molecule has 1 aromatic carbocycles. The van der Waals surface area contributed by atoms with Crippen LogP contribution in [0.5, 0.6) is 0 Å². The van der Waals surface area contributed by atoms with Gasteiger partial charge in [0.25, 0.3) is 0 Å². The minimum atomic E-state index is -1.55. The van der Waals surface area contributed by atoms with Gasteiger partial charge in [-0.15, -0.1) is 0 Å². The van der Waals surface area contributed by atoms with E-state index in [9.17, 15) is 34.2 Å². The van der Waals surface area contributed by atoms with Crippen molar-refractivity contribution in [3.05, 3.63) is 35.9 Å². The van der Waals surface area contributed by atoms with E-state index in [1.807, 2.05) is 0 Å². The number of carbonyl (C=O) groups excluding carboxylic acids is 4. The molecule has 4 atom stereocenters. The Morgan fingerprint density at radius 1 is 0.971 bits per heavy atom. The molecule has 12 nitrogen and oxygen atoms in total. The molecule has 1 rings (SSSR count). The minimum absolute atomic E-state index is 0.103. The number of hydrogen-bond donors (Lipinski definition) is 7. The van der Waals surface area contributed by atoms with Crippen molar-refractivity contribution in [3.63, 3.8) is 0 Å². The Kier molecular flexibility index (Phi) is 13.4. The first-order valence-corrected chi connectivity index (χ1v) is 12.3. The minimum Gasteiger partial charge on any atom is -0.480 e. The number of nitrogens with two attached hydrogens (primary N) is 1. The number of nitrogens with one attached hydrogen (secondary N) is 4. The van der Waals surface area contributed by atoms with E-state index in [1.54, 1.807) is 36.6 Å². The number of aliphatic hydroxyl groups excluding tert-OH is 1. The lowest BCUT2D eigenvalue weighted by Crippen LogP contribution is -2.58. The molecule has 4 unspecified atom stereocenters. The van der Waals surface area contributed by atoms with Crippen molar-refractivity contribution in [2.24, 2.45) is 5.73 Å². The van der Waals surface area contributed by atoms with Crippen LogP contribution >= 0.6 is 11.8 Å². The molecule has 0 aliphatic heterocycles. The summed E-state index contributed by atoms with van der Waals surface area (Å²) in [4.78, 5) is 60.9. The SMILES string of the molecule is CSCCC(NC(=O)C(Cc1ccccc1)NC(=O)CNC(=O)CN)C(=O)NC(C(=O)O)C(C)O. The molecular weight excluding hydrogens is 478 g/mol. The number of aliphatic carboxylic acids is 1. The van der Waals surface area contributed by atoms with Crippen LogP contribution in [0.4, 0.5) is 0 Å². The normalized spacial score (nSPS) is 14.1. The van der Waals surface area contributed by atoms with Crippen molar-refractivity contribution in [2.75, 3.05) is 25.1 Å². The Morgan fingerprint density at radius 2 is 1.60 bits per heavy atom. The van der Waals surface area contributed by atoms with Crippen LogP contribution < -0.4 is 27.0 Å². The Labute approximate surface area is 207 Å². The summed E-state index contributed by atoms with van der Waals surface area (Å²) in [6.45, 7) is 0.542. The van der Waals surface area contributed by atoms with Gasteiger partial charge in [0.1, 0.15) is 12.1 Å². The quantitative estimate of drug-likeness (QED) is 0.139. The lowest BCUT2D eigenvalue weighted by Gasteiger charge is -2.25. The summed E-state index contributed by atoms with van der Waals surface area (Å²) in [5.74, 6) is -3.56. The predicted octanol–water partition coefficient (Wildman–Crippen LogP) is -2.02.